The number of aromatic nitrogens is 2. The third-order valence-corrected chi connectivity index (χ3v) is 4.56. The van der Waals surface area contributed by atoms with Crippen LogP contribution in [0.5, 0.6) is 0 Å². The number of nitrogens with zero attached hydrogens (tertiary/aromatic N) is 2. The van der Waals surface area contributed by atoms with Crippen LogP contribution in [0.15, 0.2) is 30.3 Å². The minimum atomic E-state index is 0.338. The summed E-state index contributed by atoms with van der Waals surface area (Å²) in [6.07, 6.45) is 0.875. The molecule has 0 aliphatic carbocycles. The SMILES string of the molecule is CCNC(Cc1c(Cl)c(C)nn1C)C(C)c1ccccc1. The van der Waals surface area contributed by atoms with Gasteiger partial charge in [0.25, 0.3) is 0 Å². The molecule has 1 aromatic carbocycles. The van der Waals surface area contributed by atoms with Crippen LogP contribution in [0.1, 0.15) is 36.7 Å². The number of benzene rings is 1. The third kappa shape index (κ3) is 3.66. The molecule has 2 atom stereocenters. The largest absolute Gasteiger partial charge is 0.313 e. The first-order valence-electron chi connectivity index (χ1n) is 7.50. The van der Waals surface area contributed by atoms with Gasteiger partial charge in [0.2, 0.25) is 0 Å². The van der Waals surface area contributed by atoms with Gasteiger partial charge in [-0.1, -0.05) is 55.8 Å². The van der Waals surface area contributed by atoms with E-state index in [1.165, 1.54) is 5.56 Å². The molecule has 0 spiro atoms. The summed E-state index contributed by atoms with van der Waals surface area (Å²) in [6.45, 7) is 7.30. The minimum absolute atomic E-state index is 0.338. The Labute approximate surface area is 132 Å². The van der Waals surface area contributed by atoms with Gasteiger partial charge in [-0.15, -0.1) is 0 Å². The van der Waals surface area contributed by atoms with Crippen molar-refractivity contribution < 1.29 is 0 Å². The van der Waals surface area contributed by atoms with Gasteiger partial charge in [-0.25, -0.2) is 0 Å². The molecule has 0 radical (unpaired) electrons. The second-order valence-electron chi connectivity index (χ2n) is 5.54. The number of halogens is 1. The average Bonchev–Trinajstić information content (AvgIpc) is 2.73. The monoisotopic (exact) mass is 305 g/mol. The number of rotatable bonds is 6. The molecule has 0 fully saturated rings. The van der Waals surface area contributed by atoms with E-state index in [0.29, 0.717) is 12.0 Å². The first-order valence-corrected chi connectivity index (χ1v) is 7.88. The lowest BCUT2D eigenvalue weighted by atomic mass is 9.90. The first-order chi connectivity index (χ1) is 10.0. The van der Waals surface area contributed by atoms with Gasteiger partial charge in [0.1, 0.15) is 0 Å². The van der Waals surface area contributed by atoms with Gasteiger partial charge in [-0.2, -0.15) is 5.10 Å². The van der Waals surface area contributed by atoms with Crippen molar-refractivity contribution in [3.8, 4) is 0 Å². The fourth-order valence-electron chi connectivity index (χ4n) is 2.79. The summed E-state index contributed by atoms with van der Waals surface area (Å²) in [5.41, 5.74) is 3.35. The molecular formula is C17H24ClN3. The standard InChI is InChI=1S/C17H24ClN3/c1-5-19-15(12(2)14-9-7-6-8-10-14)11-16-17(18)13(3)20-21(16)4/h6-10,12,15,19H,5,11H2,1-4H3. The van der Waals surface area contributed by atoms with Crippen molar-refractivity contribution in [2.24, 2.45) is 7.05 Å². The van der Waals surface area contributed by atoms with Crippen LogP contribution in [-0.2, 0) is 13.5 Å². The lowest BCUT2D eigenvalue weighted by Crippen LogP contribution is -2.36. The van der Waals surface area contributed by atoms with Gasteiger partial charge in [-0.3, -0.25) is 4.68 Å². The molecule has 1 N–H and O–H groups in total. The van der Waals surface area contributed by atoms with Gasteiger partial charge in [-0.05, 0) is 24.9 Å². The van der Waals surface area contributed by atoms with Gasteiger partial charge in [0, 0.05) is 19.5 Å². The maximum atomic E-state index is 6.40. The zero-order chi connectivity index (χ0) is 15.4. The Balaban J connectivity index is 2.23. The van der Waals surface area contributed by atoms with E-state index in [1.807, 2.05) is 18.7 Å². The topological polar surface area (TPSA) is 29.9 Å². The zero-order valence-electron chi connectivity index (χ0n) is 13.2. The highest BCUT2D eigenvalue weighted by Crippen LogP contribution is 2.26. The molecule has 1 aromatic heterocycles. The molecule has 114 valence electrons. The normalized spacial score (nSPS) is 14.1. The van der Waals surface area contributed by atoms with Crippen molar-refractivity contribution in [2.75, 3.05) is 6.54 Å². The zero-order valence-corrected chi connectivity index (χ0v) is 14.0. The second kappa shape index (κ2) is 7.10. The quantitative estimate of drug-likeness (QED) is 0.882. The van der Waals surface area contributed by atoms with Crippen molar-refractivity contribution in [3.05, 3.63) is 52.3 Å². The Hall–Kier alpha value is -1.32. The Morgan fingerprint density at radius 1 is 1.29 bits per heavy atom. The van der Waals surface area contributed by atoms with E-state index in [9.17, 15) is 0 Å². The number of nitrogens with one attached hydrogen (secondary N) is 1. The van der Waals surface area contributed by atoms with E-state index < -0.39 is 0 Å². The van der Waals surface area contributed by atoms with Crippen LogP contribution in [0.2, 0.25) is 5.02 Å². The smallest absolute Gasteiger partial charge is 0.0847 e. The fourth-order valence-corrected chi connectivity index (χ4v) is 3.02. The summed E-state index contributed by atoms with van der Waals surface area (Å²) in [7, 11) is 1.96. The molecule has 0 saturated heterocycles. The Morgan fingerprint density at radius 2 is 1.95 bits per heavy atom. The lowest BCUT2D eigenvalue weighted by molar-refractivity contribution is 0.447. The maximum Gasteiger partial charge on any atom is 0.0847 e. The third-order valence-electron chi connectivity index (χ3n) is 4.07. The Bertz CT molecular complexity index is 577. The van der Waals surface area contributed by atoms with Crippen LogP contribution >= 0.6 is 11.6 Å². The van der Waals surface area contributed by atoms with Gasteiger partial charge in [0.05, 0.1) is 16.4 Å². The number of likely N-dealkylation sites (N-methyl/N-ethyl adjacent to an activating group) is 1. The molecule has 0 bridgehead atoms. The average molecular weight is 306 g/mol. The molecule has 0 aliphatic rings. The lowest BCUT2D eigenvalue weighted by Gasteiger charge is -2.25. The highest BCUT2D eigenvalue weighted by Gasteiger charge is 2.22. The van der Waals surface area contributed by atoms with E-state index in [2.05, 4.69) is 54.6 Å². The molecule has 1 heterocycles. The van der Waals surface area contributed by atoms with Crippen LogP contribution in [0.25, 0.3) is 0 Å². The molecule has 2 aromatic rings. The first kappa shape index (κ1) is 16.1. The molecule has 2 unspecified atom stereocenters. The van der Waals surface area contributed by atoms with Crippen LogP contribution < -0.4 is 5.32 Å². The number of hydrogen-bond donors (Lipinski definition) is 1. The summed E-state index contributed by atoms with van der Waals surface area (Å²) >= 11 is 6.40. The number of aryl methyl sites for hydroxylation is 2. The van der Waals surface area contributed by atoms with Gasteiger partial charge < -0.3 is 5.32 Å². The van der Waals surface area contributed by atoms with Gasteiger partial charge >= 0.3 is 0 Å². The Kier molecular flexibility index (Phi) is 5.43. The van der Waals surface area contributed by atoms with Gasteiger partial charge in [0.15, 0.2) is 0 Å². The molecule has 21 heavy (non-hydrogen) atoms. The van der Waals surface area contributed by atoms with Crippen LogP contribution in [-0.4, -0.2) is 22.4 Å². The van der Waals surface area contributed by atoms with Crippen LogP contribution in [0, 0.1) is 6.92 Å². The fraction of sp³-hybridized carbons (Fsp3) is 0.471. The van der Waals surface area contributed by atoms with Crippen molar-refractivity contribution in [3.63, 3.8) is 0 Å². The van der Waals surface area contributed by atoms with E-state index in [-0.39, 0.29) is 0 Å². The van der Waals surface area contributed by atoms with E-state index in [0.717, 1.165) is 29.4 Å². The van der Waals surface area contributed by atoms with Crippen molar-refractivity contribution >= 4 is 11.6 Å². The van der Waals surface area contributed by atoms with E-state index in [1.54, 1.807) is 0 Å². The van der Waals surface area contributed by atoms with E-state index in [4.69, 9.17) is 11.6 Å². The Morgan fingerprint density at radius 3 is 2.48 bits per heavy atom. The number of hydrogen-bond acceptors (Lipinski definition) is 2. The highest BCUT2D eigenvalue weighted by atomic mass is 35.5. The molecule has 3 nitrogen and oxygen atoms in total. The maximum absolute atomic E-state index is 6.40. The molecule has 0 saturated carbocycles. The molecule has 2 rings (SSSR count). The van der Waals surface area contributed by atoms with Crippen molar-refractivity contribution in [2.45, 2.75) is 39.2 Å². The van der Waals surface area contributed by atoms with Crippen LogP contribution in [0.3, 0.4) is 0 Å². The molecular weight excluding hydrogens is 282 g/mol. The summed E-state index contributed by atoms with van der Waals surface area (Å²) in [6, 6.07) is 11.0. The summed E-state index contributed by atoms with van der Waals surface area (Å²) in [5.74, 6) is 0.414. The summed E-state index contributed by atoms with van der Waals surface area (Å²) < 4.78 is 1.90. The summed E-state index contributed by atoms with van der Waals surface area (Å²) in [4.78, 5) is 0. The van der Waals surface area contributed by atoms with Crippen molar-refractivity contribution in [1.82, 2.24) is 15.1 Å². The predicted molar refractivity (Wildman–Crippen MR) is 89.0 cm³/mol. The molecule has 4 heteroatoms. The predicted octanol–water partition coefficient (Wildman–Crippen LogP) is 3.71. The van der Waals surface area contributed by atoms with Crippen molar-refractivity contribution in [1.29, 1.82) is 0 Å². The molecule has 0 aliphatic heterocycles. The highest BCUT2D eigenvalue weighted by molar-refractivity contribution is 6.31. The molecule has 0 amide bonds. The van der Waals surface area contributed by atoms with Crippen LogP contribution in [0.4, 0.5) is 0 Å². The second-order valence-corrected chi connectivity index (χ2v) is 5.92. The minimum Gasteiger partial charge on any atom is -0.313 e. The summed E-state index contributed by atoms with van der Waals surface area (Å²) in [5, 5.41) is 8.80. The van der Waals surface area contributed by atoms with E-state index >= 15 is 0 Å².